The minimum absolute atomic E-state index is 0.447. The molecule has 0 spiro atoms. The summed E-state index contributed by atoms with van der Waals surface area (Å²) in [5.41, 5.74) is 6.02. The van der Waals surface area contributed by atoms with Gasteiger partial charge in [-0.3, -0.25) is 5.43 Å². The number of rotatable bonds is 9. The van der Waals surface area contributed by atoms with Gasteiger partial charge in [0.1, 0.15) is 13.2 Å². The second-order valence-corrected chi connectivity index (χ2v) is 8.84. The Labute approximate surface area is 207 Å². The standard InChI is InChI=1S/C28H31N3O2S/c34-28(30-25-14-8-3-9-15-25)31-29-19-24-16-17-26(32-20-22-10-4-1-5-11-22)27(18-24)33-21-23-12-6-2-7-13-23/h1-2,4-7,10-13,16-19,25H,3,8-9,14-15,20-21H2,(H2,30,31,34)/b29-19+. The van der Waals surface area contributed by atoms with Crippen LogP contribution in [0.3, 0.4) is 0 Å². The summed E-state index contributed by atoms with van der Waals surface area (Å²) in [6.07, 6.45) is 7.90. The number of nitrogens with one attached hydrogen (secondary N) is 2. The van der Waals surface area contributed by atoms with Crippen LogP contribution in [0.1, 0.15) is 48.8 Å². The molecule has 5 nitrogen and oxygen atoms in total. The van der Waals surface area contributed by atoms with Crippen LogP contribution in [0.25, 0.3) is 0 Å². The number of nitrogens with zero attached hydrogens (tertiary/aromatic N) is 1. The normalized spacial score (nSPS) is 14.0. The van der Waals surface area contributed by atoms with Crippen molar-refractivity contribution < 1.29 is 9.47 Å². The zero-order valence-electron chi connectivity index (χ0n) is 19.3. The number of benzene rings is 3. The first kappa shape index (κ1) is 23.8. The van der Waals surface area contributed by atoms with Gasteiger partial charge in [0, 0.05) is 6.04 Å². The smallest absolute Gasteiger partial charge is 0.187 e. The van der Waals surface area contributed by atoms with Crippen LogP contribution < -0.4 is 20.2 Å². The van der Waals surface area contributed by atoms with Crippen LogP contribution in [0, 0.1) is 0 Å². The van der Waals surface area contributed by atoms with Crippen molar-refractivity contribution >= 4 is 23.5 Å². The lowest BCUT2D eigenvalue weighted by Gasteiger charge is -2.23. The van der Waals surface area contributed by atoms with Crippen LogP contribution in [-0.4, -0.2) is 17.4 Å². The molecule has 4 rings (SSSR count). The monoisotopic (exact) mass is 473 g/mol. The molecule has 34 heavy (non-hydrogen) atoms. The molecule has 3 aromatic rings. The molecule has 0 bridgehead atoms. The van der Waals surface area contributed by atoms with E-state index in [2.05, 4.69) is 15.8 Å². The predicted molar refractivity (Wildman–Crippen MR) is 141 cm³/mol. The molecule has 1 fully saturated rings. The zero-order chi connectivity index (χ0) is 23.4. The van der Waals surface area contributed by atoms with Crippen LogP contribution in [0.15, 0.2) is 84.0 Å². The molecule has 1 aliphatic rings. The van der Waals surface area contributed by atoms with Crippen molar-refractivity contribution in [3.63, 3.8) is 0 Å². The third-order valence-corrected chi connectivity index (χ3v) is 5.97. The summed E-state index contributed by atoms with van der Waals surface area (Å²) in [5.74, 6) is 1.37. The fourth-order valence-electron chi connectivity index (χ4n) is 3.94. The Hall–Kier alpha value is -3.38. The van der Waals surface area contributed by atoms with Crippen molar-refractivity contribution in [1.82, 2.24) is 10.7 Å². The summed E-state index contributed by atoms with van der Waals surface area (Å²) in [4.78, 5) is 0. The van der Waals surface area contributed by atoms with E-state index in [4.69, 9.17) is 21.7 Å². The fraction of sp³-hybridized carbons (Fsp3) is 0.286. The van der Waals surface area contributed by atoms with Gasteiger partial charge in [-0.2, -0.15) is 5.10 Å². The highest BCUT2D eigenvalue weighted by Crippen LogP contribution is 2.29. The van der Waals surface area contributed by atoms with E-state index in [0.29, 0.717) is 35.9 Å². The SMILES string of the molecule is S=C(N/N=C/c1ccc(OCc2ccccc2)c(OCc2ccccc2)c1)NC1CCCCC1. The van der Waals surface area contributed by atoms with Crippen molar-refractivity contribution in [2.24, 2.45) is 5.10 Å². The number of ether oxygens (including phenoxy) is 2. The predicted octanol–water partition coefficient (Wildman–Crippen LogP) is 5.98. The Balaban J connectivity index is 1.40. The highest BCUT2D eigenvalue weighted by atomic mass is 32.1. The lowest BCUT2D eigenvalue weighted by molar-refractivity contribution is 0.256. The molecule has 0 aromatic heterocycles. The number of hydrogen-bond acceptors (Lipinski definition) is 4. The van der Waals surface area contributed by atoms with Gasteiger partial charge >= 0.3 is 0 Å². The molecular weight excluding hydrogens is 442 g/mol. The van der Waals surface area contributed by atoms with Gasteiger partial charge in [-0.15, -0.1) is 0 Å². The average Bonchev–Trinajstić information content (AvgIpc) is 2.88. The molecule has 1 saturated carbocycles. The third kappa shape index (κ3) is 7.59. The maximum absolute atomic E-state index is 6.14. The number of hydrazone groups is 1. The van der Waals surface area contributed by atoms with Gasteiger partial charge in [0.25, 0.3) is 0 Å². The van der Waals surface area contributed by atoms with E-state index in [9.17, 15) is 0 Å². The van der Waals surface area contributed by atoms with Gasteiger partial charge in [0.15, 0.2) is 16.6 Å². The van der Waals surface area contributed by atoms with E-state index in [1.54, 1.807) is 6.21 Å². The Bertz CT molecular complexity index is 1070. The lowest BCUT2D eigenvalue weighted by Crippen LogP contribution is -2.40. The molecule has 6 heteroatoms. The van der Waals surface area contributed by atoms with Crippen LogP contribution in [0.5, 0.6) is 11.5 Å². The first-order chi connectivity index (χ1) is 16.8. The van der Waals surface area contributed by atoms with E-state index >= 15 is 0 Å². The molecule has 0 atom stereocenters. The molecule has 0 radical (unpaired) electrons. The average molecular weight is 474 g/mol. The molecule has 0 unspecified atom stereocenters. The second kappa shape index (κ2) is 12.8. The van der Waals surface area contributed by atoms with E-state index in [1.807, 2.05) is 78.9 Å². The molecular formula is C28H31N3O2S. The van der Waals surface area contributed by atoms with E-state index in [-0.39, 0.29) is 0 Å². The van der Waals surface area contributed by atoms with E-state index < -0.39 is 0 Å². The molecule has 0 heterocycles. The van der Waals surface area contributed by atoms with Gasteiger partial charge in [-0.05, 0) is 59.9 Å². The lowest BCUT2D eigenvalue weighted by atomic mass is 9.96. The maximum Gasteiger partial charge on any atom is 0.187 e. The Kier molecular flexibility index (Phi) is 8.91. The molecule has 0 saturated heterocycles. The Morgan fingerprint density at radius 3 is 2.09 bits per heavy atom. The second-order valence-electron chi connectivity index (χ2n) is 8.43. The number of hydrogen-bond donors (Lipinski definition) is 2. The van der Waals surface area contributed by atoms with Gasteiger partial charge in [-0.1, -0.05) is 79.9 Å². The molecule has 0 aliphatic heterocycles. The van der Waals surface area contributed by atoms with E-state index in [1.165, 1.54) is 19.3 Å². The van der Waals surface area contributed by atoms with Crippen molar-refractivity contribution in [1.29, 1.82) is 0 Å². The molecule has 3 aromatic carbocycles. The summed E-state index contributed by atoms with van der Waals surface area (Å²) < 4.78 is 12.2. The highest BCUT2D eigenvalue weighted by molar-refractivity contribution is 7.80. The zero-order valence-corrected chi connectivity index (χ0v) is 20.1. The summed E-state index contributed by atoms with van der Waals surface area (Å²) in [6.45, 7) is 0.926. The van der Waals surface area contributed by atoms with Gasteiger partial charge in [0.05, 0.1) is 6.21 Å². The van der Waals surface area contributed by atoms with Crippen molar-refractivity contribution in [3.05, 3.63) is 95.6 Å². The first-order valence-electron chi connectivity index (χ1n) is 11.8. The first-order valence-corrected chi connectivity index (χ1v) is 12.2. The van der Waals surface area contributed by atoms with Crippen LogP contribution in [0.4, 0.5) is 0 Å². The summed E-state index contributed by atoms with van der Waals surface area (Å²) >= 11 is 5.39. The fourth-order valence-corrected chi connectivity index (χ4v) is 4.16. The van der Waals surface area contributed by atoms with Gasteiger partial charge < -0.3 is 14.8 Å². The Morgan fingerprint density at radius 1 is 0.824 bits per heavy atom. The van der Waals surface area contributed by atoms with Crippen LogP contribution >= 0.6 is 12.2 Å². The van der Waals surface area contributed by atoms with Crippen molar-refractivity contribution in [2.45, 2.75) is 51.4 Å². The summed E-state index contributed by atoms with van der Waals surface area (Å²) in [5, 5.41) is 8.23. The number of thiocarbonyl (C=S) groups is 1. The molecule has 0 amide bonds. The summed E-state index contributed by atoms with van der Waals surface area (Å²) in [7, 11) is 0. The van der Waals surface area contributed by atoms with E-state index in [0.717, 1.165) is 29.5 Å². The Morgan fingerprint density at radius 2 is 1.44 bits per heavy atom. The molecule has 1 aliphatic carbocycles. The minimum Gasteiger partial charge on any atom is -0.485 e. The van der Waals surface area contributed by atoms with Crippen LogP contribution in [0.2, 0.25) is 0 Å². The molecule has 176 valence electrons. The minimum atomic E-state index is 0.447. The van der Waals surface area contributed by atoms with Gasteiger partial charge in [-0.25, -0.2) is 0 Å². The van der Waals surface area contributed by atoms with Crippen LogP contribution in [-0.2, 0) is 13.2 Å². The van der Waals surface area contributed by atoms with Crippen molar-refractivity contribution in [3.8, 4) is 11.5 Å². The quantitative estimate of drug-likeness (QED) is 0.228. The highest BCUT2D eigenvalue weighted by Gasteiger charge is 2.13. The largest absolute Gasteiger partial charge is 0.485 e. The molecule has 2 N–H and O–H groups in total. The third-order valence-electron chi connectivity index (χ3n) is 5.76. The summed E-state index contributed by atoms with van der Waals surface area (Å²) in [6, 6.07) is 26.4. The van der Waals surface area contributed by atoms with Gasteiger partial charge in [0.2, 0.25) is 0 Å². The van der Waals surface area contributed by atoms with Crippen molar-refractivity contribution in [2.75, 3.05) is 0 Å². The maximum atomic E-state index is 6.14. The topological polar surface area (TPSA) is 54.9 Å².